The number of hydrogen-bond donors (Lipinski definition) is 2. The number of urea groups is 1. The van der Waals surface area contributed by atoms with E-state index in [0.717, 1.165) is 6.20 Å². The Bertz CT molecular complexity index is 1320. The number of aliphatic carboxylic acids is 1. The molecular weight excluding hydrogens is 518 g/mol. The number of benzene rings is 1. The molecule has 2 aromatic rings. The Hall–Kier alpha value is -3.05. The quantitative estimate of drug-likeness (QED) is 0.365. The number of quaternary nitrogens is 1. The van der Waals surface area contributed by atoms with Crippen LogP contribution < -0.4 is 10.0 Å². The lowest BCUT2D eigenvalue weighted by molar-refractivity contribution is -0.894. The van der Waals surface area contributed by atoms with Gasteiger partial charge in [-0.2, -0.15) is 31.1 Å². The van der Waals surface area contributed by atoms with Gasteiger partial charge in [0.25, 0.3) is 10.0 Å². The van der Waals surface area contributed by atoms with Crippen LogP contribution in [0.2, 0.25) is 0 Å². The van der Waals surface area contributed by atoms with Crippen LogP contribution in [0.25, 0.3) is 0 Å². The van der Waals surface area contributed by atoms with E-state index in [1.165, 1.54) is 43.9 Å². The molecule has 2 atom stereocenters. The molecule has 2 aliphatic heterocycles. The van der Waals surface area contributed by atoms with Crippen LogP contribution in [0, 0.1) is 0 Å². The van der Waals surface area contributed by atoms with Gasteiger partial charge in [-0.25, -0.2) is 4.79 Å². The normalized spacial score (nSPS) is 19.2. The first kappa shape index (κ1) is 27.5. The zero-order chi connectivity index (χ0) is 26.8. The number of fused-ring (bicyclic) bond motifs is 4. The molecule has 14 nitrogen and oxygen atoms in total. The molecule has 2 N–H and O–H groups in total. The summed E-state index contributed by atoms with van der Waals surface area (Å²) in [6, 6.07) is 2.99. The fraction of sp³-hybridized carbons (Fsp3) is 0.450. The molecule has 2 bridgehead atoms. The minimum atomic E-state index is -5.11. The van der Waals surface area contributed by atoms with Crippen molar-refractivity contribution < 1.29 is 45.3 Å². The van der Waals surface area contributed by atoms with Gasteiger partial charge in [0.05, 0.1) is 42.7 Å². The smallest absolute Gasteiger partial charge is 0.418 e. The van der Waals surface area contributed by atoms with Gasteiger partial charge >= 0.3 is 16.4 Å². The van der Waals surface area contributed by atoms with Crippen molar-refractivity contribution in [2.45, 2.75) is 37.8 Å². The molecule has 0 unspecified atom stereocenters. The van der Waals surface area contributed by atoms with Crippen LogP contribution in [0.5, 0.6) is 0 Å². The monoisotopic (exact) mass is 545 g/mol. The summed E-state index contributed by atoms with van der Waals surface area (Å²) in [7, 11) is -9.32. The number of nitrogens with zero attached hydrogens (tertiary/aromatic N) is 4. The largest absolute Gasteiger partial charge is 0.547 e. The molecule has 1 aromatic heterocycles. The number of carboxylic acid groups (broad SMARTS) is 1. The first-order valence-corrected chi connectivity index (χ1v) is 13.9. The van der Waals surface area contributed by atoms with Crippen molar-refractivity contribution in [3.8, 4) is 0 Å². The summed E-state index contributed by atoms with van der Waals surface area (Å²) < 4.78 is 61.4. The van der Waals surface area contributed by atoms with Crippen LogP contribution in [0.4, 0.5) is 4.79 Å². The van der Waals surface area contributed by atoms with Gasteiger partial charge in [-0.3, -0.25) is 4.55 Å². The van der Waals surface area contributed by atoms with Crippen LogP contribution in [0.1, 0.15) is 44.1 Å². The van der Waals surface area contributed by atoms with E-state index in [9.17, 15) is 31.5 Å². The van der Waals surface area contributed by atoms with E-state index in [1.807, 2.05) is 0 Å². The molecule has 1 saturated heterocycles. The Morgan fingerprint density at radius 1 is 1.14 bits per heavy atom. The fourth-order valence-electron chi connectivity index (χ4n) is 4.03. The Labute approximate surface area is 208 Å². The van der Waals surface area contributed by atoms with Crippen LogP contribution in [0.3, 0.4) is 0 Å². The van der Waals surface area contributed by atoms with E-state index >= 15 is 0 Å². The molecule has 16 heteroatoms. The minimum absolute atomic E-state index is 0.0792. The number of carbonyl (C=O) groups is 2. The first-order chi connectivity index (χ1) is 16.8. The minimum Gasteiger partial charge on any atom is -0.547 e. The molecule has 2 aliphatic rings. The van der Waals surface area contributed by atoms with Gasteiger partial charge in [0.1, 0.15) is 12.1 Å². The van der Waals surface area contributed by atoms with E-state index in [4.69, 9.17) is 4.55 Å². The highest BCUT2D eigenvalue weighted by Crippen LogP contribution is 2.43. The van der Waals surface area contributed by atoms with E-state index in [1.54, 1.807) is 11.0 Å². The molecular formula is C20H27N5O9S2. The van der Waals surface area contributed by atoms with E-state index < -0.39 is 44.5 Å². The Kier molecular flexibility index (Phi) is 8.04. The van der Waals surface area contributed by atoms with Crippen LogP contribution in [-0.2, 0) is 29.5 Å². The van der Waals surface area contributed by atoms with Crippen molar-refractivity contribution in [3.63, 3.8) is 0 Å². The van der Waals surface area contributed by atoms with E-state index in [-0.39, 0.29) is 27.8 Å². The lowest BCUT2D eigenvalue weighted by Gasteiger charge is -2.29. The lowest BCUT2D eigenvalue weighted by Crippen LogP contribution is -3.11. The Morgan fingerprint density at radius 2 is 1.72 bits per heavy atom. The average Bonchev–Trinajstić information content (AvgIpc) is 3.38. The molecule has 0 saturated carbocycles. The molecule has 198 valence electrons. The van der Waals surface area contributed by atoms with E-state index in [2.05, 4.69) is 30.2 Å². The number of carboxylic acids is 1. The SMILES string of the molecule is CC[NH+](CC)CC.O=C([O-])[C@@H]1c2nn(S(=O)(=O)c3ccccc3)cc2[C@H]2CN1C(=O)N2OS(=O)(=O)O. The van der Waals surface area contributed by atoms with Gasteiger partial charge in [-0.15, -0.1) is 4.28 Å². The number of hydrogen-bond acceptors (Lipinski definition) is 9. The highest BCUT2D eigenvalue weighted by Gasteiger charge is 2.52. The Balaban J connectivity index is 0.000000454. The van der Waals surface area contributed by atoms with E-state index in [0.29, 0.717) is 8.99 Å². The standard InChI is InChI=1S/C14H12N4O9S2.C6H15N/c19-13(20)12-11-9(10-7-16(12)14(21)18(10)27-29(24,25)26)6-17(15-11)28(22,23)8-4-2-1-3-5-8;1-4-7(5-2)6-3/h1-6,10,12H,7H2,(H,19,20)(H,24,25,26);4-6H2,1-3H3/t10-,12+;/m1./s1. The van der Waals surface area contributed by atoms with Gasteiger partial charge in [0, 0.05) is 11.8 Å². The number of nitrogens with one attached hydrogen (secondary N) is 1. The third-order valence-electron chi connectivity index (χ3n) is 5.95. The summed E-state index contributed by atoms with van der Waals surface area (Å²) in [5.74, 6) is -1.76. The molecule has 1 aromatic carbocycles. The second-order valence-corrected chi connectivity index (χ2v) is 10.8. The molecule has 0 radical (unpaired) electrons. The van der Waals surface area contributed by atoms with Crippen LogP contribution in [-0.4, -0.2) is 78.7 Å². The highest BCUT2D eigenvalue weighted by atomic mass is 32.3. The number of aromatic nitrogens is 2. The van der Waals surface area contributed by atoms with Gasteiger partial charge in [-0.05, 0) is 32.9 Å². The zero-order valence-corrected chi connectivity index (χ0v) is 21.4. The first-order valence-electron chi connectivity index (χ1n) is 11.1. The molecule has 4 rings (SSSR count). The molecule has 3 heterocycles. The predicted molar refractivity (Wildman–Crippen MR) is 121 cm³/mol. The number of amides is 2. The number of hydroxylamine groups is 2. The molecule has 36 heavy (non-hydrogen) atoms. The maximum absolute atomic E-state index is 12.8. The summed E-state index contributed by atoms with van der Waals surface area (Å²) >= 11 is 0. The molecule has 0 aliphatic carbocycles. The molecule has 1 fully saturated rings. The van der Waals surface area contributed by atoms with Crippen molar-refractivity contribution in [2.75, 3.05) is 26.2 Å². The second kappa shape index (κ2) is 10.5. The number of carbonyl (C=O) groups excluding carboxylic acids is 2. The van der Waals surface area contributed by atoms with Crippen molar-refractivity contribution in [1.29, 1.82) is 0 Å². The average molecular weight is 546 g/mol. The maximum Gasteiger partial charge on any atom is 0.418 e. The maximum atomic E-state index is 12.8. The van der Waals surface area contributed by atoms with Crippen molar-refractivity contribution >= 4 is 32.4 Å². The summed E-state index contributed by atoms with van der Waals surface area (Å²) in [5, 5.41) is 15.7. The lowest BCUT2D eigenvalue weighted by atomic mass is 9.98. The predicted octanol–water partition coefficient (Wildman–Crippen LogP) is -1.63. The number of rotatable bonds is 8. The summed E-state index contributed by atoms with van der Waals surface area (Å²) in [6.07, 6.45) is 0.967. The highest BCUT2D eigenvalue weighted by molar-refractivity contribution is 7.89. The summed E-state index contributed by atoms with van der Waals surface area (Å²) in [4.78, 5) is 26.2. The van der Waals surface area contributed by atoms with Crippen LogP contribution in [0.15, 0.2) is 41.4 Å². The summed E-state index contributed by atoms with van der Waals surface area (Å²) in [5.41, 5.74) is -0.403. The molecule has 2 amide bonds. The van der Waals surface area contributed by atoms with Gasteiger partial charge < -0.3 is 19.7 Å². The summed E-state index contributed by atoms with van der Waals surface area (Å²) in [6.45, 7) is 10.1. The molecule has 0 spiro atoms. The second-order valence-electron chi connectivity index (χ2n) is 7.97. The Morgan fingerprint density at radius 3 is 2.19 bits per heavy atom. The third-order valence-corrected chi connectivity index (χ3v) is 7.85. The third kappa shape index (κ3) is 5.36. The topological polar surface area (TPSA) is 184 Å². The van der Waals surface area contributed by atoms with Crippen LogP contribution >= 0.6 is 0 Å². The van der Waals surface area contributed by atoms with Gasteiger partial charge in [0.2, 0.25) is 0 Å². The van der Waals surface area contributed by atoms with Gasteiger partial charge in [-0.1, -0.05) is 18.2 Å². The van der Waals surface area contributed by atoms with Crippen molar-refractivity contribution in [2.24, 2.45) is 0 Å². The zero-order valence-electron chi connectivity index (χ0n) is 19.8. The van der Waals surface area contributed by atoms with Crippen molar-refractivity contribution in [1.82, 2.24) is 19.1 Å². The van der Waals surface area contributed by atoms with Gasteiger partial charge in [0.15, 0.2) is 0 Å². The van der Waals surface area contributed by atoms with Crippen molar-refractivity contribution in [3.05, 3.63) is 47.8 Å². The fourth-order valence-corrected chi connectivity index (χ4v) is 5.57.